The highest BCUT2D eigenvalue weighted by atomic mass is 32.1. The molecule has 136 valence electrons. The lowest BCUT2D eigenvalue weighted by atomic mass is 9.94. The van der Waals surface area contributed by atoms with Gasteiger partial charge in [-0.05, 0) is 33.2 Å². The van der Waals surface area contributed by atoms with Crippen LogP contribution >= 0.6 is 11.3 Å². The van der Waals surface area contributed by atoms with Crippen molar-refractivity contribution in [2.24, 2.45) is 0 Å². The molecule has 0 radical (unpaired) electrons. The first-order valence-electron chi connectivity index (χ1n) is 8.90. The summed E-state index contributed by atoms with van der Waals surface area (Å²) in [6, 6.07) is 0. The molecular formula is C18H23N7S. The molecule has 1 saturated heterocycles. The van der Waals surface area contributed by atoms with Crippen LogP contribution in [-0.2, 0) is 6.54 Å². The second kappa shape index (κ2) is 7.51. The number of piperidine rings is 1. The zero-order valence-electron chi connectivity index (χ0n) is 15.1. The smallest absolute Gasteiger partial charge is 0.188 e. The Labute approximate surface area is 156 Å². The number of likely N-dealkylation sites (tertiary alicyclic amines) is 1. The highest BCUT2D eigenvalue weighted by Gasteiger charge is 2.25. The molecule has 4 heterocycles. The lowest BCUT2D eigenvalue weighted by molar-refractivity contribution is 0.198. The fourth-order valence-corrected chi connectivity index (χ4v) is 4.14. The van der Waals surface area contributed by atoms with Gasteiger partial charge >= 0.3 is 0 Å². The summed E-state index contributed by atoms with van der Waals surface area (Å²) in [5.41, 5.74) is 4.46. The van der Waals surface area contributed by atoms with E-state index < -0.39 is 0 Å². The first-order chi connectivity index (χ1) is 12.7. The molecule has 3 aromatic rings. The number of H-pyrrole nitrogens is 1. The number of aromatic amines is 1. The maximum atomic E-state index is 4.66. The number of thiazole rings is 1. The van der Waals surface area contributed by atoms with Crippen molar-refractivity contribution in [1.82, 2.24) is 30.0 Å². The van der Waals surface area contributed by atoms with Crippen molar-refractivity contribution in [2.75, 3.05) is 18.4 Å². The normalized spacial score (nSPS) is 18.2. The van der Waals surface area contributed by atoms with Crippen LogP contribution < -0.4 is 5.32 Å². The summed E-state index contributed by atoms with van der Waals surface area (Å²) in [7, 11) is 0. The maximum Gasteiger partial charge on any atom is 0.188 e. The highest BCUT2D eigenvalue weighted by Crippen LogP contribution is 2.31. The van der Waals surface area contributed by atoms with Gasteiger partial charge in [-0.1, -0.05) is 0 Å². The third-order valence-electron chi connectivity index (χ3n) is 4.79. The van der Waals surface area contributed by atoms with E-state index in [-0.39, 0.29) is 0 Å². The molecule has 1 aliphatic heterocycles. The van der Waals surface area contributed by atoms with E-state index in [9.17, 15) is 0 Å². The molecule has 0 amide bonds. The molecule has 7 nitrogen and oxygen atoms in total. The molecule has 0 saturated carbocycles. The number of rotatable bonds is 5. The van der Waals surface area contributed by atoms with Gasteiger partial charge in [0.15, 0.2) is 10.9 Å². The van der Waals surface area contributed by atoms with Crippen LogP contribution in [0.4, 0.5) is 10.9 Å². The molecule has 0 spiro atoms. The molecule has 1 atom stereocenters. The number of nitrogens with one attached hydrogen (secondary N) is 2. The molecule has 1 fully saturated rings. The average Bonchev–Trinajstić information content (AvgIpc) is 3.24. The topological polar surface area (TPSA) is 82.6 Å². The fourth-order valence-electron chi connectivity index (χ4n) is 3.45. The Morgan fingerprint density at radius 3 is 2.96 bits per heavy atom. The van der Waals surface area contributed by atoms with Crippen LogP contribution in [0.15, 0.2) is 24.0 Å². The van der Waals surface area contributed by atoms with Crippen molar-refractivity contribution in [3.63, 3.8) is 0 Å². The van der Waals surface area contributed by atoms with E-state index in [1.165, 1.54) is 5.56 Å². The van der Waals surface area contributed by atoms with Gasteiger partial charge in [-0.3, -0.25) is 15.0 Å². The number of aromatic nitrogens is 5. The van der Waals surface area contributed by atoms with Crippen LogP contribution in [-0.4, -0.2) is 43.1 Å². The van der Waals surface area contributed by atoms with Gasteiger partial charge in [0.2, 0.25) is 0 Å². The van der Waals surface area contributed by atoms with Gasteiger partial charge in [-0.25, -0.2) is 9.97 Å². The third kappa shape index (κ3) is 3.76. The average molecular weight is 369 g/mol. The molecule has 1 aliphatic rings. The number of hydrogen-bond acceptors (Lipinski definition) is 7. The van der Waals surface area contributed by atoms with Gasteiger partial charge < -0.3 is 5.32 Å². The van der Waals surface area contributed by atoms with Crippen molar-refractivity contribution >= 4 is 22.3 Å². The lowest BCUT2D eigenvalue weighted by Gasteiger charge is -2.32. The Bertz CT molecular complexity index is 872. The Morgan fingerprint density at radius 2 is 2.19 bits per heavy atom. The minimum atomic E-state index is 0.369. The number of anilines is 2. The first-order valence-corrected chi connectivity index (χ1v) is 9.78. The molecular weight excluding hydrogens is 346 g/mol. The quantitative estimate of drug-likeness (QED) is 0.717. The Hall–Kier alpha value is -2.32. The standard InChI is InChI=1S/C18H23N7S/c1-12-11-26-18(22-12)23-17-16(19-5-6-20-17)14-4-3-7-25(9-14)10-15-8-21-24-13(15)2/h5-6,8,11,14H,3-4,7,9-10H2,1-2H3,(H,21,24)(H,20,22,23). The summed E-state index contributed by atoms with van der Waals surface area (Å²) in [6.07, 6.45) is 7.74. The molecule has 1 unspecified atom stereocenters. The van der Waals surface area contributed by atoms with E-state index in [0.29, 0.717) is 5.92 Å². The van der Waals surface area contributed by atoms with Crippen molar-refractivity contribution in [3.05, 3.63) is 46.6 Å². The molecule has 0 aromatic carbocycles. The first kappa shape index (κ1) is 17.1. The number of aryl methyl sites for hydroxylation is 2. The van der Waals surface area contributed by atoms with Crippen LogP contribution in [0.25, 0.3) is 0 Å². The molecule has 0 aliphatic carbocycles. The van der Waals surface area contributed by atoms with E-state index in [4.69, 9.17) is 0 Å². The van der Waals surface area contributed by atoms with E-state index in [1.807, 2.05) is 18.5 Å². The fraction of sp³-hybridized carbons (Fsp3) is 0.444. The van der Waals surface area contributed by atoms with Gasteiger partial charge in [-0.15, -0.1) is 11.3 Å². The van der Waals surface area contributed by atoms with E-state index in [1.54, 1.807) is 23.7 Å². The van der Waals surface area contributed by atoms with Crippen molar-refractivity contribution < 1.29 is 0 Å². The second-order valence-corrected chi connectivity index (χ2v) is 7.66. The summed E-state index contributed by atoms with van der Waals surface area (Å²) in [5, 5.41) is 13.4. The van der Waals surface area contributed by atoms with Crippen molar-refractivity contribution in [3.8, 4) is 0 Å². The van der Waals surface area contributed by atoms with Crippen LogP contribution in [0.2, 0.25) is 0 Å². The summed E-state index contributed by atoms with van der Waals surface area (Å²) in [6.45, 7) is 7.08. The monoisotopic (exact) mass is 369 g/mol. The van der Waals surface area contributed by atoms with Gasteiger partial charge in [-0.2, -0.15) is 5.10 Å². The zero-order chi connectivity index (χ0) is 17.9. The van der Waals surface area contributed by atoms with Crippen molar-refractivity contribution in [2.45, 2.75) is 39.2 Å². The Kier molecular flexibility index (Phi) is 4.94. The van der Waals surface area contributed by atoms with Gasteiger partial charge in [0.05, 0.1) is 17.6 Å². The SMILES string of the molecule is Cc1csc(Nc2nccnc2C2CCCN(Cc3cn[nH]c3C)C2)n1. The predicted molar refractivity (Wildman–Crippen MR) is 103 cm³/mol. The van der Waals surface area contributed by atoms with Crippen LogP contribution in [0.3, 0.4) is 0 Å². The maximum absolute atomic E-state index is 4.66. The highest BCUT2D eigenvalue weighted by molar-refractivity contribution is 7.13. The summed E-state index contributed by atoms with van der Waals surface area (Å²) in [5.74, 6) is 1.20. The number of nitrogens with zero attached hydrogens (tertiary/aromatic N) is 5. The summed E-state index contributed by atoms with van der Waals surface area (Å²) >= 11 is 1.59. The summed E-state index contributed by atoms with van der Waals surface area (Å²) in [4.78, 5) is 16.2. The predicted octanol–water partition coefficient (Wildman–Crippen LogP) is 3.40. The minimum Gasteiger partial charge on any atom is -0.315 e. The van der Waals surface area contributed by atoms with E-state index in [0.717, 1.165) is 60.5 Å². The zero-order valence-corrected chi connectivity index (χ0v) is 15.9. The molecule has 8 heteroatoms. The molecule has 2 N–H and O–H groups in total. The molecule has 26 heavy (non-hydrogen) atoms. The molecule has 3 aromatic heterocycles. The Morgan fingerprint density at radius 1 is 1.31 bits per heavy atom. The Balaban J connectivity index is 1.50. The summed E-state index contributed by atoms with van der Waals surface area (Å²) < 4.78 is 0. The minimum absolute atomic E-state index is 0.369. The van der Waals surface area contributed by atoms with Crippen LogP contribution in [0.5, 0.6) is 0 Å². The van der Waals surface area contributed by atoms with Gasteiger partial charge in [0, 0.05) is 48.0 Å². The van der Waals surface area contributed by atoms with Gasteiger partial charge in [0.25, 0.3) is 0 Å². The second-order valence-electron chi connectivity index (χ2n) is 6.80. The van der Waals surface area contributed by atoms with E-state index >= 15 is 0 Å². The number of hydrogen-bond donors (Lipinski definition) is 2. The molecule has 0 bridgehead atoms. The third-order valence-corrected chi connectivity index (χ3v) is 5.67. The van der Waals surface area contributed by atoms with Crippen LogP contribution in [0, 0.1) is 13.8 Å². The van der Waals surface area contributed by atoms with Gasteiger partial charge in [0.1, 0.15) is 0 Å². The molecule has 4 rings (SSSR count). The van der Waals surface area contributed by atoms with E-state index in [2.05, 4.69) is 42.3 Å². The van der Waals surface area contributed by atoms with Crippen molar-refractivity contribution in [1.29, 1.82) is 0 Å². The van der Waals surface area contributed by atoms with Crippen LogP contribution in [0.1, 0.15) is 41.4 Å². The lowest BCUT2D eigenvalue weighted by Crippen LogP contribution is -2.34. The largest absolute Gasteiger partial charge is 0.315 e.